The van der Waals surface area contributed by atoms with Gasteiger partial charge in [-0.2, -0.15) is 30.3 Å². The third kappa shape index (κ3) is 3.22. The molecule has 1 aliphatic rings. The molecule has 1 atom stereocenters. The van der Waals surface area contributed by atoms with E-state index in [0.29, 0.717) is 0 Å². The van der Waals surface area contributed by atoms with Crippen molar-refractivity contribution in [2.75, 3.05) is 0 Å². The number of benzene rings is 1. The first kappa shape index (κ1) is 13.1. The van der Waals surface area contributed by atoms with Gasteiger partial charge in [-0.15, -0.1) is 5.56 Å². The molecular weight excluding hydrogens is 215 g/mol. The molecule has 15 heavy (non-hydrogen) atoms. The topological polar surface area (TPSA) is 55.5 Å². The number of carbonyl (C=O) groups is 1. The number of primary amides is 1. The molecule has 0 radical (unpaired) electrons. The van der Waals surface area contributed by atoms with E-state index in [1.165, 1.54) is 0 Å². The number of aliphatic imine (C=N–C) groups is 1. The van der Waals surface area contributed by atoms with Crippen molar-refractivity contribution in [1.82, 2.24) is 0 Å². The van der Waals surface area contributed by atoms with E-state index in [-0.39, 0.29) is 63.3 Å². The Labute approximate surface area is 132 Å². The molecule has 0 bridgehead atoms. The summed E-state index contributed by atoms with van der Waals surface area (Å²) in [4.78, 5) is 15.2. The number of hydrogen-bond donors (Lipinski definition) is 1. The van der Waals surface area contributed by atoms with Crippen LogP contribution in [0.1, 0.15) is 18.4 Å². The third-order valence-electron chi connectivity index (χ3n) is 2.35. The van der Waals surface area contributed by atoms with Crippen LogP contribution in [0.15, 0.2) is 29.3 Å². The minimum Gasteiger partial charge on any atom is -0.368 e. The van der Waals surface area contributed by atoms with Gasteiger partial charge in [0.15, 0.2) is 0 Å². The monoisotopic (exact) mass is 226 g/mol. The molecule has 1 unspecified atom stereocenters. The zero-order chi connectivity index (χ0) is 9.97. The first-order chi connectivity index (χ1) is 6.77. The van der Waals surface area contributed by atoms with Crippen molar-refractivity contribution in [3.63, 3.8) is 0 Å². The maximum Gasteiger partial charge on any atom is 1.00 e. The molecule has 1 aliphatic heterocycles. The molecule has 0 saturated carbocycles. The fraction of sp³-hybridized carbons (Fsp3) is 0.273. The van der Waals surface area contributed by atoms with Gasteiger partial charge in [-0.05, 0) is 12.8 Å². The third-order valence-corrected chi connectivity index (χ3v) is 2.35. The molecule has 0 saturated heterocycles. The number of hydrogen-bond acceptors (Lipinski definition) is 2. The molecule has 0 fully saturated rings. The Morgan fingerprint density at radius 1 is 1.47 bits per heavy atom. The van der Waals surface area contributed by atoms with Crippen molar-refractivity contribution in [1.29, 1.82) is 0 Å². The molecule has 4 heteroatoms. The van der Waals surface area contributed by atoms with Gasteiger partial charge in [0.25, 0.3) is 0 Å². The van der Waals surface area contributed by atoms with Crippen LogP contribution >= 0.6 is 0 Å². The molecule has 1 heterocycles. The van der Waals surface area contributed by atoms with Crippen LogP contribution in [0, 0.1) is 6.07 Å². The SMILES string of the molecule is NC(=O)C1CCC(c2cc[c-]cc2)=N1.[K+]. The van der Waals surface area contributed by atoms with Crippen LogP contribution in [0.5, 0.6) is 0 Å². The van der Waals surface area contributed by atoms with Crippen LogP contribution in [0.3, 0.4) is 0 Å². The second kappa shape index (κ2) is 5.91. The Hall–Kier alpha value is -0.00364. The molecule has 0 spiro atoms. The molecule has 1 amide bonds. The summed E-state index contributed by atoms with van der Waals surface area (Å²) in [6.45, 7) is 0. The van der Waals surface area contributed by atoms with Crippen LogP contribution in [-0.2, 0) is 4.79 Å². The Kier molecular flexibility index (Phi) is 5.15. The van der Waals surface area contributed by atoms with Crippen molar-refractivity contribution < 1.29 is 56.2 Å². The van der Waals surface area contributed by atoms with Crippen LogP contribution < -0.4 is 57.1 Å². The maximum absolute atomic E-state index is 10.9. The summed E-state index contributed by atoms with van der Waals surface area (Å²) in [6.07, 6.45) is 1.57. The molecule has 0 aromatic heterocycles. The number of carbonyl (C=O) groups excluding carboxylic acids is 1. The van der Waals surface area contributed by atoms with Gasteiger partial charge in [0.2, 0.25) is 5.91 Å². The van der Waals surface area contributed by atoms with Crippen LogP contribution in [0.4, 0.5) is 0 Å². The van der Waals surface area contributed by atoms with Gasteiger partial charge >= 0.3 is 51.4 Å². The normalized spacial score (nSPS) is 19.2. The predicted octanol–water partition coefficient (Wildman–Crippen LogP) is -2.07. The number of rotatable bonds is 2. The Morgan fingerprint density at radius 3 is 2.67 bits per heavy atom. The fourth-order valence-corrected chi connectivity index (χ4v) is 1.59. The molecule has 2 N–H and O–H groups in total. The summed E-state index contributed by atoms with van der Waals surface area (Å²) in [6, 6.07) is 10.2. The number of nitrogens with zero attached hydrogens (tertiary/aromatic N) is 1. The summed E-state index contributed by atoms with van der Waals surface area (Å²) in [5, 5.41) is 0. The molecule has 3 nitrogen and oxygen atoms in total. The molecule has 1 aromatic carbocycles. The van der Waals surface area contributed by atoms with Gasteiger partial charge in [0.05, 0.1) is 0 Å². The van der Waals surface area contributed by atoms with Gasteiger partial charge < -0.3 is 5.73 Å². The van der Waals surface area contributed by atoms with Gasteiger partial charge in [0, 0.05) is 5.71 Å². The molecule has 0 aliphatic carbocycles. The van der Waals surface area contributed by atoms with Gasteiger partial charge in [-0.1, -0.05) is 0 Å². The Morgan fingerprint density at radius 2 is 2.13 bits per heavy atom. The largest absolute Gasteiger partial charge is 1.00 e. The zero-order valence-corrected chi connectivity index (χ0v) is 11.9. The van der Waals surface area contributed by atoms with Crippen molar-refractivity contribution in [3.05, 3.63) is 35.9 Å². The molecular formula is C11H11KN2O. The van der Waals surface area contributed by atoms with E-state index in [1.54, 1.807) is 0 Å². The van der Waals surface area contributed by atoms with E-state index in [2.05, 4.69) is 11.1 Å². The summed E-state index contributed by atoms with van der Waals surface area (Å²) in [5.41, 5.74) is 7.22. The summed E-state index contributed by atoms with van der Waals surface area (Å²) >= 11 is 0. The average molecular weight is 226 g/mol. The first-order valence-electron chi connectivity index (χ1n) is 4.60. The number of nitrogens with two attached hydrogens (primary N) is 1. The fourth-order valence-electron chi connectivity index (χ4n) is 1.59. The van der Waals surface area contributed by atoms with Crippen molar-refractivity contribution in [2.45, 2.75) is 18.9 Å². The molecule has 1 aromatic rings. The van der Waals surface area contributed by atoms with Crippen LogP contribution in [-0.4, -0.2) is 17.7 Å². The van der Waals surface area contributed by atoms with Crippen molar-refractivity contribution in [3.8, 4) is 0 Å². The minimum absolute atomic E-state index is 0. The van der Waals surface area contributed by atoms with E-state index in [9.17, 15) is 4.79 Å². The maximum atomic E-state index is 10.9. The summed E-state index contributed by atoms with van der Waals surface area (Å²) in [5.74, 6) is -0.331. The molecule has 72 valence electrons. The Bertz CT molecular complexity index is 375. The van der Waals surface area contributed by atoms with E-state index >= 15 is 0 Å². The van der Waals surface area contributed by atoms with Gasteiger partial charge in [0.1, 0.15) is 6.04 Å². The average Bonchev–Trinajstić information content (AvgIpc) is 2.68. The minimum atomic E-state index is -0.331. The number of amides is 1. The quantitative estimate of drug-likeness (QED) is 0.457. The smallest absolute Gasteiger partial charge is 0.368 e. The van der Waals surface area contributed by atoms with E-state index in [0.717, 1.165) is 24.1 Å². The van der Waals surface area contributed by atoms with Gasteiger partial charge in [-0.25, -0.2) is 0 Å². The second-order valence-electron chi connectivity index (χ2n) is 3.32. The van der Waals surface area contributed by atoms with Crippen molar-refractivity contribution >= 4 is 11.6 Å². The first-order valence-corrected chi connectivity index (χ1v) is 4.60. The second-order valence-corrected chi connectivity index (χ2v) is 3.32. The van der Waals surface area contributed by atoms with Crippen LogP contribution in [0.25, 0.3) is 0 Å². The predicted molar refractivity (Wildman–Crippen MR) is 54.0 cm³/mol. The molecule has 2 rings (SSSR count). The van der Waals surface area contributed by atoms with Gasteiger partial charge in [-0.3, -0.25) is 9.79 Å². The zero-order valence-electron chi connectivity index (χ0n) is 8.73. The summed E-state index contributed by atoms with van der Waals surface area (Å²) < 4.78 is 0. The van der Waals surface area contributed by atoms with E-state index in [1.807, 2.05) is 24.3 Å². The van der Waals surface area contributed by atoms with E-state index < -0.39 is 0 Å². The van der Waals surface area contributed by atoms with E-state index in [4.69, 9.17) is 5.73 Å². The Balaban J connectivity index is 0.00000112. The summed E-state index contributed by atoms with van der Waals surface area (Å²) in [7, 11) is 0. The van der Waals surface area contributed by atoms with Crippen molar-refractivity contribution in [2.24, 2.45) is 10.7 Å². The van der Waals surface area contributed by atoms with Crippen LogP contribution in [0.2, 0.25) is 0 Å². The standard InChI is InChI=1S/C11H11N2O.K/c12-11(14)10-7-6-9(13-10)8-4-2-1-3-5-8;/h2-5,10H,6-7H2,(H2,12,14);/q-1;+1.